The van der Waals surface area contributed by atoms with Crippen molar-refractivity contribution in [2.75, 3.05) is 5.32 Å². The lowest BCUT2D eigenvalue weighted by Gasteiger charge is -2.07. The number of rotatable bonds is 4. The number of halogens is 1. The first-order valence-corrected chi connectivity index (χ1v) is 5.84. The number of furan rings is 1. The van der Waals surface area contributed by atoms with Crippen LogP contribution in [0.5, 0.6) is 0 Å². The number of anilines is 1. The van der Waals surface area contributed by atoms with E-state index in [-0.39, 0.29) is 27.9 Å². The molecule has 2 N–H and O–H groups in total. The molecule has 0 aliphatic rings. The van der Waals surface area contributed by atoms with E-state index in [1.807, 2.05) is 0 Å². The van der Waals surface area contributed by atoms with Gasteiger partial charge in [-0.15, -0.1) is 0 Å². The van der Waals surface area contributed by atoms with E-state index in [4.69, 9.17) is 21.1 Å². The summed E-state index contributed by atoms with van der Waals surface area (Å²) in [6.07, 6.45) is 0. The van der Waals surface area contributed by atoms with Crippen LogP contribution in [-0.4, -0.2) is 21.9 Å². The molecule has 0 aliphatic carbocycles. The summed E-state index contributed by atoms with van der Waals surface area (Å²) < 4.78 is 4.87. The molecule has 1 amide bonds. The van der Waals surface area contributed by atoms with Crippen LogP contribution in [0.3, 0.4) is 0 Å². The van der Waals surface area contributed by atoms with Crippen LogP contribution in [-0.2, 0) is 0 Å². The Morgan fingerprint density at radius 1 is 1.29 bits per heavy atom. The molecular weight excluding hydrogens is 304 g/mol. The number of nitro benzene ring substituents is 1. The molecule has 0 spiro atoms. The number of non-ortho nitro benzene ring substituents is 1. The van der Waals surface area contributed by atoms with Crippen molar-refractivity contribution in [3.8, 4) is 0 Å². The Kier molecular flexibility index (Phi) is 3.90. The maximum Gasteiger partial charge on any atom is 0.337 e. The number of nitrogens with zero attached hydrogens (tertiary/aromatic N) is 1. The smallest absolute Gasteiger partial charge is 0.337 e. The number of carboxylic acid groups (broad SMARTS) is 1. The van der Waals surface area contributed by atoms with Gasteiger partial charge in [0.15, 0.2) is 11.0 Å². The highest BCUT2D eigenvalue weighted by Gasteiger charge is 2.19. The summed E-state index contributed by atoms with van der Waals surface area (Å²) in [6.45, 7) is 0. The van der Waals surface area contributed by atoms with Gasteiger partial charge in [0.25, 0.3) is 11.6 Å². The largest absolute Gasteiger partial charge is 0.478 e. The van der Waals surface area contributed by atoms with Crippen molar-refractivity contribution < 1.29 is 24.0 Å². The lowest BCUT2D eigenvalue weighted by Crippen LogP contribution is -2.14. The second-order valence-corrected chi connectivity index (χ2v) is 4.22. The second kappa shape index (κ2) is 5.63. The van der Waals surface area contributed by atoms with Crippen molar-refractivity contribution in [2.24, 2.45) is 0 Å². The number of aromatic carboxylic acids is 1. The van der Waals surface area contributed by atoms with Crippen molar-refractivity contribution in [1.29, 1.82) is 0 Å². The fourth-order valence-corrected chi connectivity index (χ4v) is 1.70. The van der Waals surface area contributed by atoms with Crippen molar-refractivity contribution in [3.63, 3.8) is 0 Å². The zero-order valence-electron chi connectivity index (χ0n) is 10.2. The minimum Gasteiger partial charge on any atom is -0.478 e. The Balaban J connectivity index is 2.37. The zero-order chi connectivity index (χ0) is 15.6. The van der Waals surface area contributed by atoms with Crippen LogP contribution in [0.2, 0.25) is 5.22 Å². The number of nitrogens with one attached hydrogen (secondary N) is 1. The molecule has 2 aromatic rings. The molecule has 1 aromatic heterocycles. The standard InChI is InChI=1S/C12H7ClN2O6/c13-10-4-3-9(21-10)11(16)14-8-5-6(15(19)20)1-2-7(8)12(17)18/h1-5H,(H,14,16)(H,17,18). The SMILES string of the molecule is O=C(Nc1cc([N+](=O)[O-])ccc1C(=O)O)c1ccc(Cl)o1. The summed E-state index contributed by atoms with van der Waals surface area (Å²) in [4.78, 5) is 32.9. The summed E-state index contributed by atoms with van der Waals surface area (Å²) in [5, 5.41) is 21.9. The Hall–Kier alpha value is -2.87. The minimum absolute atomic E-state index is 0.0161. The van der Waals surface area contributed by atoms with Gasteiger partial charge in [0.05, 0.1) is 16.2 Å². The van der Waals surface area contributed by atoms with E-state index in [9.17, 15) is 19.7 Å². The maximum atomic E-state index is 11.9. The molecule has 1 heterocycles. The lowest BCUT2D eigenvalue weighted by atomic mass is 10.1. The molecule has 0 fully saturated rings. The summed E-state index contributed by atoms with van der Waals surface area (Å²) in [6, 6.07) is 5.64. The molecule has 1 aromatic carbocycles. The Morgan fingerprint density at radius 3 is 2.52 bits per heavy atom. The first-order valence-electron chi connectivity index (χ1n) is 5.47. The molecule has 0 bridgehead atoms. The van der Waals surface area contributed by atoms with Gasteiger partial charge in [-0.3, -0.25) is 14.9 Å². The van der Waals surface area contributed by atoms with Gasteiger partial charge in [-0.25, -0.2) is 4.79 Å². The predicted molar refractivity (Wildman–Crippen MR) is 71.7 cm³/mol. The molecule has 0 saturated carbocycles. The van der Waals surface area contributed by atoms with Crippen molar-refractivity contribution in [2.45, 2.75) is 0 Å². The number of benzene rings is 1. The van der Waals surface area contributed by atoms with Crippen LogP contribution in [0.1, 0.15) is 20.9 Å². The van der Waals surface area contributed by atoms with Gasteiger partial charge in [0, 0.05) is 12.1 Å². The van der Waals surface area contributed by atoms with Gasteiger partial charge in [-0.05, 0) is 29.8 Å². The van der Waals surface area contributed by atoms with Crippen LogP contribution in [0.15, 0.2) is 34.7 Å². The van der Waals surface area contributed by atoms with Crippen molar-refractivity contribution in [1.82, 2.24) is 0 Å². The Labute approximate surface area is 122 Å². The third-order valence-corrected chi connectivity index (χ3v) is 2.69. The first-order chi connectivity index (χ1) is 9.88. The van der Waals surface area contributed by atoms with Crippen molar-refractivity contribution >= 4 is 34.9 Å². The quantitative estimate of drug-likeness (QED) is 0.661. The number of carbonyl (C=O) groups excluding carboxylic acids is 1. The molecule has 0 radical (unpaired) electrons. The number of amides is 1. The fraction of sp³-hybridized carbons (Fsp3) is 0. The molecular formula is C12H7ClN2O6. The van der Waals surface area contributed by atoms with Gasteiger partial charge in [-0.1, -0.05) is 0 Å². The number of carbonyl (C=O) groups is 2. The van der Waals surface area contributed by atoms with Crippen LogP contribution >= 0.6 is 11.6 Å². The fourth-order valence-electron chi connectivity index (χ4n) is 1.56. The lowest BCUT2D eigenvalue weighted by molar-refractivity contribution is -0.384. The average molecular weight is 311 g/mol. The van der Waals surface area contributed by atoms with Crippen LogP contribution in [0.4, 0.5) is 11.4 Å². The molecule has 8 nitrogen and oxygen atoms in total. The van der Waals surface area contributed by atoms with E-state index >= 15 is 0 Å². The molecule has 108 valence electrons. The van der Waals surface area contributed by atoms with Gasteiger partial charge in [0.2, 0.25) is 0 Å². The molecule has 0 unspecified atom stereocenters. The number of nitro groups is 1. The highest BCUT2D eigenvalue weighted by Crippen LogP contribution is 2.24. The maximum absolute atomic E-state index is 11.9. The second-order valence-electron chi connectivity index (χ2n) is 3.85. The van der Waals surface area contributed by atoms with Crippen LogP contribution < -0.4 is 5.32 Å². The summed E-state index contributed by atoms with van der Waals surface area (Å²) in [7, 11) is 0. The van der Waals surface area contributed by atoms with E-state index in [1.54, 1.807) is 0 Å². The van der Waals surface area contributed by atoms with Gasteiger partial charge in [0.1, 0.15) is 0 Å². The van der Waals surface area contributed by atoms with Crippen LogP contribution in [0.25, 0.3) is 0 Å². The zero-order valence-corrected chi connectivity index (χ0v) is 11.0. The highest BCUT2D eigenvalue weighted by atomic mass is 35.5. The van der Waals surface area contributed by atoms with Gasteiger partial charge >= 0.3 is 5.97 Å². The van der Waals surface area contributed by atoms with Gasteiger partial charge in [-0.2, -0.15) is 0 Å². The molecule has 0 atom stereocenters. The molecule has 21 heavy (non-hydrogen) atoms. The number of carboxylic acids is 1. The molecule has 9 heteroatoms. The van der Waals surface area contributed by atoms with E-state index < -0.39 is 16.8 Å². The molecule has 0 saturated heterocycles. The summed E-state index contributed by atoms with van der Waals surface area (Å²) in [5.74, 6) is -2.26. The molecule has 2 rings (SSSR count). The molecule has 0 aliphatic heterocycles. The Bertz CT molecular complexity index is 739. The third-order valence-electron chi connectivity index (χ3n) is 2.49. The third kappa shape index (κ3) is 3.18. The van der Waals surface area contributed by atoms with Gasteiger partial charge < -0.3 is 14.8 Å². The van der Waals surface area contributed by atoms with E-state index in [0.717, 1.165) is 18.2 Å². The van der Waals surface area contributed by atoms with E-state index in [1.165, 1.54) is 12.1 Å². The Morgan fingerprint density at radius 2 is 2.00 bits per heavy atom. The van der Waals surface area contributed by atoms with E-state index in [2.05, 4.69) is 5.32 Å². The first kappa shape index (κ1) is 14.5. The predicted octanol–water partition coefficient (Wildman–Crippen LogP) is 2.79. The topological polar surface area (TPSA) is 123 Å². The average Bonchev–Trinajstić information content (AvgIpc) is 2.85. The monoisotopic (exact) mass is 310 g/mol. The van der Waals surface area contributed by atoms with E-state index in [0.29, 0.717) is 0 Å². The van der Waals surface area contributed by atoms with Crippen molar-refractivity contribution in [3.05, 3.63) is 57.0 Å². The minimum atomic E-state index is -1.34. The highest BCUT2D eigenvalue weighted by molar-refractivity contribution is 6.29. The number of hydrogen-bond acceptors (Lipinski definition) is 5. The number of hydrogen-bond donors (Lipinski definition) is 2. The summed E-state index contributed by atoms with van der Waals surface area (Å²) in [5.41, 5.74) is -0.853. The van der Waals surface area contributed by atoms with Crippen LogP contribution in [0, 0.1) is 10.1 Å². The normalized spacial score (nSPS) is 10.1. The summed E-state index contributed by atoms with van der Waals surface area (Å²) >= 11 is 5.53.